The van der Waals surface area contributed by atoms with E-state index >= 15 is 0 Å². The number of hydrogen-bond donors (Lipinski definition) is 0. The van der Waals surface area contributed by atoms with Gasteiger partial charge in [-0.1, -0.05) is 176 Å². The van der Waals surface area contributed by atoms with Gasteiger partial charge in [0.1, 0.15) is 11.2 Å². The van der Waals surface area contributed by atoms with Crippen LogP contribution in [0.1, 0.15) is 36.0 Å². The molecule has 1 heterocycles. The Kier molecular flexibility index (Phi) is 5.68. The van der Waals surface area contributed by atoms with E-state index in [0.29, 0.717) is 44.4 Å². The number of rotatable bonds is 7. The molecule has 0 radical (unpaired) electrons. The lowest BCUT2D eigenvalue weighted by atomic mass is 9.68. The molecular formula is C55H37NO. The first-order valence-corrected chi connectivity index (χ1v) is 18.8. The molecule has 0 N–H and O–H groups in total. The third-order valence-electron chi connectivity index (χ3n) is 11.1. The molecule has 2 heteroatoms. The van der Waals surface area contributed by atoms with Crippen LogP contribution in [0.4, 0.5) is 17.1 Å². The van der Waals surface area contributed by atoms with Crippen molar-refractivity contribution < 1.29 is 18.1 Å². The second-order valence-corrected chi connectivity index (χ2v) is 14.1. The van der Waals surface area contributed by atoms with Crippen LogP contribution >= 0.6 is 0 Å². The molecular weight excluding hydrogens is 691 g/mol. The molecule has 0 saturated carbocycles. The molecule has 1 aromatic heterocycles. The molecule has 57 heavy (non-hydrogen) atoms. The van der Waals surface area contributed by atoms with Crippen LogP contribution in [0.15, 0.2) is 229 Å². The number of anilines is 3. The van der Waals surface area contributed by atoms with Crippen molar-refractivity contribution in [2.75, 3.05) is 4.90 Å². The molecule has 0 atom stereocenters. The number of furan rings is 1. The molecule has 1 aliphatic carbocycles. The van der Waals surface area contributed by atoms with Crippen LogP contribution in [0.3, 0.4) is 0 Å². The summed E-state index contributed by atoms with van der Waals surface area (Å²) in [6.45, 7) is 0. The van der Waals surface area contributed by atoms with Gasteiger partial charge in [0.2, 0.25) is 0 Å². The molecule has 9 aromatic carbocycles. The van der Waals surface area contributed by atoms with Gasteiger partial charge in [-0.05, 0) is 104 Å². The van der Waals surface area contributed by atoms with Crippen LogP contribution in [-0.2, 0) is 5.41 Å². The topological polar surface area (TPSA) is 16.4 Å². The van der Waals surface area contributed by atoms with E-state index in [2.05, 4.69) is 102 Å². The van der Waals surface area contributed by atoms with E-state index < -0.39 is 41.7 Å². The smallest absolute Gasteiger partial charge is 0.136 e. The quantitative estimate of drug-likeness (QED) is 0.162. The van der Waals surface area contributed by atoms with Crippen LogP contribution in [0, 0.1) is 0 Å². The summed E-state index contributed by atoms with van der Waals surface area (Å²) in [5, 5.41) is 1.25. The lowest BCUT2D eigenvalue weighted by molar-refractivity contribution is 0.669. The molecule has 11 rings (SSSR count). The average Bonchev–Trinajstić information content (AvgIpc) is 3.89. The van der Waals surface area contributed by atoms with Crippen molar-refractivity contribution in [1.82, 2.24) is 0 Å². The van der Waals surface area contributed by atoms with Crippen LogP contribution in [0.25, 0.3) is 55.3 Å². The van der Waals surface area contributed by atoms with Gasteiger partial charge in [0.15, 0.2) is 0 Å². The summed E-state index contributed by atoms with van der Waals surface area (Å²) in [4.78, 5) is 2.06. The van der Waals surface area contributed by atoms with Crippen molar-refractivity contribution in [3.63, 3.8) is 0 Å². The Morgan fingerprint density at radius 3 is 1.61 bits per heavy atom. The van der Waals surface area contributed by atoms with E-state index in [-0.39, 0.29) is 35.3 Å². The van der Waals surface area contributed by atoms with Crippen molar-refractivity contribution in [2.24, 2.45) is 0 Å². The van der Waals surface area contributed by atoms with Crippen molar-refractivity contribution in [3.8, 4) is 33.4 Å². The second kappa shape index (κ2) is 13.4. The standard InChI is InChI=1S/C55H37NO/c1-4-15-38(16-5-1)39-27-31-43(32-28-39)56(45-35-36-52-49(37-45)54-46(23-14-26-53(54)57-52)40-17-6-2-7-18-40)44-33-29-42(30-34-44)55(41-19-8-3-9-20-41)50-24-12-10-21-47(50)48-22-11-13-25-51(48)55/h1-37H/i1D,2D,4D,5D,6D,7D,15D,16D,17D,18D. The summed E-state index contributed by atoms with van der Waals surface area (Å²) in [5.74, 6) is 0. The zero-order chi connectivity index (χ0) is 46.5. The summed E-state index contributed by atoms with van der Waals surface area (Å²) in [7, 11) is 0. The van der Waals surface area contributed by atoms with Gasteiger partial charge in [0.25, 0.3) is 0 Å². The Hall–Kier alpha value is -7.42. The minimum atomic E-state index is -0.627. The Morgan fingerprint density at radius 1 is 0.404 bits per heavy atom. The summed E-state index contributed by atoms with van der Waals surface area (Å²) in [5.41, 5.74) is 10.6. The summed E-state index contributed by atoms with van der Waals surface area (Å²) in [6.07, 6.45) is 0. The van der Waals surface area contributed by atoms with Gasteiger partial charge in [-0.2, -0.15) is 0 Å². The zero-order valence-corrected chi connectivity index (χ0v) is 30.4. The molecule has 268 valence electrons. The van der Waals surface area contributed by atoms with E-state index in [1.54, 1.807) is 30.3 Å². The SMILES string of the molecule is [2H]c1c([2H])c([2H])c(-c2ccc(N(c3ccc(C4(c5ccccc5)c5ccccc5-c5ccccc54)cc3)c3ccc4oc5cccc(-c6c([2H])c([2H])c([2H])c([2H])c6[2H])c5c4c3)cc2)c([2H])c1[2H]. The lowest BCUT2D eigenvalue weighted by Gasteiger charge is -2.34. The third kappa shape index (κ3) is 5.26. The van der Waals surface area contributed by atoms with Crippen molar-refractivity contribution in [2.45, 2.75) is 5.41 Å². The predicted molar refractivity (Wildman–Crippen MR) is 237 cm³/mol. The van der Waals surface area contributed by atoms with E-state index in [1.807, 2.05) is 36.4 Å². The highest BCUT2D eigenvalue weighted by Crippen LogP contribution is 2.56. The molecule has 0 fully saturated rings. The van der Waals surface area contributed by atoms with Crippen LogP contribution in [0.2, 0.25) is 0 Å². The van der Waals surface area contributed by atoms with E-state index in [1.165, 1.54) is 22.3 Å². The lowest BCUT2D eigenvalue weighted by Crippen LogP contribution is -2.28. The van der Waals surface area contributed by atoms with Crippen molar-refractivity contribution in [3.05, 3.63) is 246 Å². The summed E-state index contributed by atoms with van der Waals surface area (Å²) < 4.78 is 91.3. The van der Waals surface area contributed by atoms with E-state index in [9.17, 15) is 0 Å². The predicted octanol–water partition coefficient (Wildman–Crippen LogP) is 14.8. The maximum Gasteiger partial charge on any atom is 0.136 e. The number of fused-ring (bicyclic) bond motifs is 6. The fourth-order valence-corrected chi connectivity index (χ4v) is 8.74. The molecule has 0 spiro atoms. The number of hydrogen-bond acceptors (Lipinski definition) is 2. The molecule has 0 saturated heterocycles. The first-order valence-electron chi connectivity index (χ1n) is 23.8. The molecule has 1 aliphatic rings. The van der Waals surface area contributed by atoms with Crippen molar-refractivity contribution in [1.29, 1.82) is 0 Å². The average molecular weight is 738 g/mol. The highest BCUT2D eigenvalue weighted by atomic mass is 16.3. The highest BCUT2D eigenvalue weighted by Gasteiger charge is 2.45. The van der Waals surface area contributed by atoms with E-state index in [0.717, 1.165) is 16.8 Å². The molecule has 0 bridgehead atoms. The summed E-state index contributed by atoms with van der Waals surface area (Å²) >= 11 is 0. The zero-order valence-electron chi connectivity index (χ0n) is 40.4. The first kappa shape index (κ1) is 24.2. The van der Waals surface area contributed by atoms with Gasteiger partial charge in [0.05, 0.1) is 19.1 Å². The molecule has 2 nitrogen and oxygen atoms in total. The van der Waals surface area contributed by atoms with Gasteiger partial charge in [-0.15, -0.1) is 0 Å². The van der Waals surface area contributed by atoms with Crippen LogP contribution in [-0.4, -0.2) is 0 Å². The number of nitrogens with zero attached hydrogens (tertiary/aromatic N) is 1. The van der Waals surface area contributed by atoms with Crippen LogP contribution < -0.4 is 4.90 Å². The first-order chi connectivity index (χ1) is 32.4. The van der Waals surface area contributed by atoms with Crippen LogP contribution in [0.5, 0.6) is 0 Å². The fourth-order valence-electron chi connectivity index (χ4n) is 8.74. The largest absolute Gasteiger partial charge is 0.456 e. The minimum absolute atomic E-state index is 0.0720. The molecule has 0 unspecified atom stereocenters. The molecule has 0 aliphatic heterocycles. The monoisotopic (exact) mass is 737 g/mol. The summed E-state index contributed by atoms with van der Waals surface area (Å²) in [6, 6.07) is 50.6. The Balaban J connectivity index is 1.12. The van der Waals surface area contributed by atoms with Gasteiger partial charge >= 0.3 is 0 Å². The second-order valence-electron chi connectivity index (χ2n) is 14.1. The van der Waals surface area contributed by atoms with Gasteiger partial charge < -0.3 is 9.32 Å². The highest BCUT2D eigenvalue weighted by molar-refractivity contribution is 6.13. The molecule has 0 amide bonds. The Bertz CT molecular complexity index is 3540. The van der Waals surface area contributed by atoms with Crippen molar-refractivity contribution >= 4 is 39.0 Å². The number of benzene rings is 9. The maximum absolute atomic E-state index is 8.85. The molecule has 10 aromatic rings. The maximum atomic E-state index is 8.85. The Morgan fingerprint density at radius 2 is 0.947 bits per heavy atom. The third-order valence-corrected chi connectivity index (χ3v) is 11.1. The van der Waals surface area contributed by atoms with Gasteiger partial charge in [0, 0.05) is 27.8 Å². The van der Waals surface area contributed by atoms with Gasteiger partial charge in [-0.25, -0.2) is 0 Å². The fraction of sp³-hybridized carbons (Fsp3) is 0.0182. The van der Waals surface area contributed by atoms with Gasteiger partial charge in [-0.3, -0.25) is 0 Å². The minimum Gasteiger partial charge on any atom is -0.456 e. The van der Waals surface area contributed by atoms with E-state index in [4.69, 9.17) is 18.1 Å². The normalized spacial score (nSPS) is 15.2. The Labute approximate surface area is 346 Å².